The molecular weight excluding hydrogens is 535 g/mol. The van der Waals surface area contributed by atoms with E-state index in [1.807, 2.05) is 37.3 Å². The number of halogens is 3. The molecule has 0 bridgehead atoms. The number of ether oxygens (including phenoxy) is 2. The number of hydrogen-bond donors (Lipinski definition) is 1. The maximum absolute atomic E-state index is 14.0. The standard InChI is InChI=1S/C30H34F3N5O3/c1-3-40-25-10-9-23(27(36-25)30(31,32)33)37-16-12-29(13-17-37)19-38(26(39)11-14-34)24-18-20(7-8-22(24)29)21-6-5-15-35-28(21)41-4-2/h5-10,15,18H,3-4,11-14,16-17,19,34H2,1-2H3. The van der Waals surface area contributed by atoms with Crippen molar-refractivity contribution >= 4 is 17.3 Å². The van der Waals surface area contributed by atoms with Crippen LogP contribution >= 0.6 is 0 Å². The second-order valence-corrected chi connectivity index (χ2v) is 10.3. The zero-order chi connectivity index (χ0) is 29.2. The van der Waals surface area contributed by atoms with Gasteiger partial charge in [-0.2, -0.15) is 13.2 Å². The zero-order valence-corrected chi connectivity index (χ0v) is 23.2. The highest BCUT2D eigenvalue weighted by molar-refractivity contribution is 5.97. The molecule has 1 spiro atoms. The molecule has 2 aliphatic rings. The number of amides is 1. The van der Waals surface area contributed by atoms with E-state index in [0.29, 0.717) is 45.0 Å². The molecule has 0 unspecified atom stereocenters. The normalized spacial score (nSPS) is 16.1. The van der Waals surface area contributed by atoms with Crippen LogP contribution in [0.5, 0.6) is 11.8 Å². The fourth-order valence-electron chi connectivity index (χ4n) is 5.92. The smallest absolute Gasteiger partial charge is 0.435 e. The maximum atomic E-state index is 14.0. The van der Waals surface area contributed by atoms with Crippen molar-refractivity contribution in [1.29, 1.82) is 0 Å². The van der Waals surface area contributed by atoms with E-state index in [1.165, 1.54) is 12.1 Å². The summed E-state index contributed by atoms with van der Waals surface area (Å²) in [6, 6.07) is 12.7. The van der Waals surface area contributed by atoms with Crippen molar-refractivity contribution in [2.24, 2.45) is 5.73 Å². The van der Waals surface area contributed by atoms with Crippen molar-refractivity contribution in [1.82, 2.24) is 9.97 Å². The minimum absolute atomic E-state index is 0.0421. The van der Waals surface area contributed by atoms with Crippen LogP contribution in [0.25, 0.3) is 11.1 Å². The highest BCUT2D eigenvalue weighted by Gasteiger charge is 2.47. The molecule has 218 valence electrons. The predicted octanol–water partition coefficient (Wildman–Crippen LogP) is 5.19. The Labute approximate surface area is 237 Å². The number of nitrogens with zero attached hydrogens (tertiary/aromatic N) is 4. The van der Waals surface area contributed by atoms with Gasteiger partial charge < -0.3 is 25.0 Å². The van der Waals surface area contributed by atoms with E-state index < -0.39 is 11.9 Å². The molecule has 4 heterocycles. The van der Waals surface area contributed by atoms with Gasteiger partial charge in [-0.05, 0) is 62.1 Å². The highest BCUT2D eigenvalue weighted by Crippen LogP contribution is 2.50. The monoisotopic (exact) mass is 569 g/mol. The van der Waals surface area contributed by atoms with Gasteiger partial charge in [-0.25, -0.2) is 9.97 Å². The lowest BCUT2D eigenvalue weighted by molar-refractivity contribution is -0.141. The fraction of sp³-hybridized carbons (Fsp3) is 0.433. The van der Waals surface area contributed by atoms with Gasteiger partial charge in [0.05, 0.1) is 18.9 Å². The van der Waals surface area contributed by atoms with Crippen molar-refractivity contribution < 1.29 is 27.4 Å². The summed E-state index contributed by atoms with van der Waals surface area (Å²) in [5, 5.41) is 0. The molecule has 5 rings (SSSR count). The molecule has 2 aromatic heterocycles. The Kier molecular flexibility index (Phi) is 8.08. The van der Waals surface area contributed by atoms with Gasteiger partial charge in [0, 0.05) is 61.5 Å². The summed E-state index contributed by atoms with van der Waals surface area (Å²) < 4.78 is 52.9. The quantitative estimate of drug-likeness (QED) is 0.399. The molecule has 0 saturated carbocycles. The molecule has 1 fully saturated rings. The summed E-state index contributed by atoms with van der Waals surface area (Å²) in [6.07, 6.45) is -1.59. The molecule has 11 heteroatoms. The third-order valence-corrected chi connectivity index (χ3v) is 7.81. The van der Waals surface area contributed by atoms with Gasteiger partial charge in [-0.1, -0.05) is 12.1 Å². The maximum Gasteiger partial charge on any atom is 0.435 e. The summed E-state index contributed by atoms with van der Waals surface area (Å²) in [4.78, 5) is 24.9. The van der Waals surface area contributed by atoms with Gasteiger partial charge >= 0.3 is 6.18 Å². The van der Waals surface area contributed by atoms with E-state index >= 15 is 0 Å². The van der Waals surface area contributed by atoms with Crippen LogP contribution in [-0.4, -0.2) is 55.3 Å². The van der Waals surface area contributed by atoms with Gasteiger partial charge in [0.1, 0.15) is 0 Å². The fourth-order valence-corrected chi connectivity index (χ4v) is 5.92. The highest BCUT2D eigenvalue weighted by atomic mass is 19.4. The number of piperidine rings is 1. The van der Waals surface area contributed by atoms with Crippen LogP contribution in [0, 0.1) is 0 Å². The third-order valence-electron chi connectivity index (χ3n) is 7.81. The molecule has 1 saturated heterocycles. The van der Waals surface area contributed by atoms with Crippen molar-refractivity contribution in [3.05, 3.63) is 59.9 Å². The van der Waals surface area contributed by atoms with E-state index in [9.17, 15) is 18.0 Å². The lowest BCUT2D eigenvalue weighted by Gasteiger charge is -2.41. The Morgan fingerprint density at radius 3 is 2.49 bits per heavy atom. The number of hydrogen-bond acceptors (Lipinski definition) is 7. The van der Waals surface area contributed by atoms with Gasteiger partial charge in [0.25, 0.3) is 0 Å². The van der Waals surface area contributed by atoms with Gasteiger partial charge in [0.2, 0.25) is 17.7 Å². The Morgan fingerprint density at radius 1 is 1.05 bits per heavy atom. The van der Waals surface area contributed by atoms with Crippen LogP contribution in [0.15, 0.2) is 48.7 Å². The first-order valence-electron chi connectivity index (χ1n) is 13.9. The van der Waals surface area contributed by atoms with E-state index in [4.69, 9.17) is 15.2 Å². The molecule has 0 atom stereocenters. The molecule has 8 nitrogen and oxygen atoms in total. The number of carbonyl (C=O) groups excluding carboxylic acids is 1. The van der Waals surface area contributed by atoms with Crippen molar-refractivity contribution in [2.75, 3.05) is 49.2 Å². The molecule has 2 N–H and O–H groups in total. The first-order valence-corrected chi connectivity index (χ1v) is 13.9. The van der Waals surface area contributed by atoms with Gasteiger partial charge in [-0.15, -0.1) is 0 Å². The summed E-state index contributed by atoms with van der Waals surface area (Å²) >= 11 is 0. The minimum atomic E-state index is -4.62. The van der Waals surface area contributed by atoms with Crippen LogP contribution in [0.4, 0.5) is 24.5 Å². The number of fused-ring (bicyclic) bond motifs is 2. The van der Waals surface area contributed by atoms with Crippen molar-refractivity contribution in [3.63, 3.8) is 0 Å². The van der Waals surface area contributed by atoms with Crippen LogP contribution < -0.4 is 25.0 Å². The number of anilines is 2. The van der Waals surface area contributed by atoms with E-state index in [-0.39, 0.29) is 42.5 Å². The third kappa shape index (κ3) is 5.55. The first-order chi connectivity index (χ1) is 19.7. The number of rotatable bonds is 8. The van der Waals surface area contributed by atoms with Gasteiger partial charge in [-0.3, -0.25) is 4.79 Å². The minimum Gasteiger partial charge on any atom is -0.478 e. The second-order valence-electron chi connectivity index (χ2n) is 10.3. The number of aromatic nitrogens is 2. The largest absolute Gasteiger partial charge is 0.478 e. The lowest BCUT2D eigenvalue weighted by atomic mass is 9.74. The number of nitrogens with two attached hydrogens (primary N) is 1. The van der Waals surface area contributed by atoms with Crippen molar-refractivity contribution in [2.45, 2.75) is 44.7 Å². The molecule has 0 aliphatic carbocycles. The predicted molar refractivity (Wildman–Crippen MR) is 150 cm³/mol. The van der Waals surface area contributed by atoms with E-state index in [1.54, 1.807) is 22.9 Å². The van der Waals surface area contributed by atoms with Crippen molar-refractivity contribution in [3.8, 4) is 22.9 Å². The topological polar surface area (TPSA) is 93.8 Å². The van der Waals surface area contributed by atoms with Crippen LogP contribution in [0.3, 0.4) is 0 Å². The molecule has 3 aromatic rings. The summed E-state index contributed by atoms with van der Waals surface area (Å²) in [5.41, 5.74) is 7.97. The first kappa shape index (κ1) is 28.7. The summed E-state index contributed by atoms with van der Waals surface area (Å²) in [5.74, 6) is 0.393. The Balaban J connectivity index is 1.47. The molecule has 0 radical (unpaired) electrons. The number of pyridine rings is 2. The summed E-state index contributed by atoms with van der Waals surface area (Å²) in [7, 11) is 0. The van der Waals surface area contributed by atoms with Crippen LogP contribution in [-0.2, 0) is 16.4 Å². The Hall–Kier alpha value is -3.86. The number of carbonyl (C=O) groups is 1. The van der Waals surface area contributed by atoms with Crippen LogP contribution in [0.2, 0.25) is 0 Å². The summed E-state index contributed by atoms with van der Waals surface area (Å²) in [6.45, 7) is 5.74. The molecule has 1 aromatic carbocycles. The second kappa shape index (κ2) is 11.6. The average molecular weight is 570 g/mol. The van der Waals surface area contributed by atoms with Gasteiger partial charge in [0.15, 0.2) is 5.69 Å². The lowest BCUT2D eigenvalue weighted by Crippen LogP contribution is -2.46. The molecule has 41 heavy (non-hydrogen) atoms. The average Bonchev–Trinajstić information content (AvgIpc) is 3.27. The van der Waals surface area contributed by atoms with E-state index in [2.05, 4.69) is 9.97 Å². The molecular formula is C30H34F3N5O3. The Bertz CT molecular complexity index is 1410. The SMILES string of the molecule is CCOc1ccc(N2CCC3(CC2)CN(C(=O)CCN)c2cc(-c4cccnc4OCC)ccc23)c(C(F)(F)F)n1. The Morgan fingerprint density at radius 2 is 1.80 bits per heavy atom. The molecule has 2 aliphatic heterocycles. The molecule has 1 amide bonds. The van der Waals surface area contributed by atoms with Crippen LogP contribution in [0.1, 0.15) is 44.4 Å². The van der Waals surface area contributed by atoms with E-state index in [0.717, 1.165) is 22.4 Å². The number of benzene rings is 1. The zero-order valence-electron chi connectivity index (χ0n) is 23.2. The number of alkyl halides is 3.